The van der Waals surface area contributed by atoms with Crippen molar-refractivity contribution in [2.45, 2.75) is 58.9 Å². The molecular formula is C23H31N5O5S. The summed E-state index contributed by atoms with van der Waals surface area (Å²) in [7, 11) is -3.60. The van der Waals surface area contributed by atoms with Gasteiger partial charge in [0.2, 0.25) is 15.9 Å². The maximum Gasteiger partial charge on any atom is 0.273 e. The highest BCUT2D eigenvalue weighted by molar-refractivity contribution is 7.89. The summed E-state index contributed by atoms with van der Waals surface area (Å²) >= 11 is 0. The summed E-state index contributed by atoms with van der Waals surface area (Å²) in [4.78, 5) is 29.3. The van der Waals surface area contributed by atoms with Gasteiger partial charge in [-0.15, -0.1) is 0 Å². The smallest absolute Gasteiger partial charge is 0.273 e. The third kappa shape index (κ3) is 5.15. The van der Waals surface area contributed by atoms with Gasteiger partial charge in [-0.2, -0.15) is 4.31 Å². The number of benzene rings is 1. The predicted octanol–water partition coefficient (Wildman–Crippen LogP) is 2.69. The molecule has 0 radical (unpaired) electrons. The second kappa shape index (κ2) is 10.4. The number of hydrogen-bond acceptors (Lipinski definition) is 6. The van der Waals surface area contributed by atoms with E-state index >= 15 is 0 Å². The van der Waals surface area contributed by atoms with Gasteiger partial charge in [0.05, 0.1) is 21.5 Å². The van der Waals surface area contributed by atoms with E-state index in [1.807, 2.05) is 11.5 Å². The van der Waals surface area contributed by atoms with Gasteiger partial charge >= 0.3 is 0 Å². The number of furan rings is 1. The van der Waals surface area contributed by atoms with Crippen molar-refractivity contribution in [3.8, 4) is 0 Å². The molecule has 3 rings (SSSR count). The van der Waals surface area contributed by atoms with E-state index in [0.717, 1.165) is 5.52 Å². The van der Waals surface area contributed by atoms with Crippen LogP contribution in [-0.4, -0.2) is 47.2 Å². The van der Waals surface area contributed by atoms with Gasteiger partial charge in [-0.05, 0) is 45.0 Å². The highest BCUT2D eigenvalue weighted by atomic mass is 32.2. The van der Waals surface area contributed by atoms with Crippen molar-refractivity contribution < 1.29 is 22.4 Å². The lowest BCUT2D eigenvalue weighted by atomic mass is 10.2. The molecule has 0 bridgehead atoms. The second-order valence-corrected chi connectivity index (χ2v) is 9.78. The number of nitrogens with one attached hydrogen (secondary N) is 2. The summed E-state index contributed by atoms with van der Waals surface area (Å²) in [6.45, 7) is 10.4. The fourth-order valence-corrected chi connectivity index (χ4v) is 5.39. The lowest BCUT2D eigenvalue weighted by Gasteiger charge is -2.18. The number of carbonyl (C=O) groups is 2. The Bertz CT molecular complexity index is 1300. The zero-order valence-corrected chi connectivity index (χ0v) is 21.0. The lowest BCUT2D eigenvalue weighted by molar-refractivity contribution is -0.121. The first kappa shape index (κ1) is 25.4. The number of hydrogen-bond donors (Lipinski definition) is 2. The molecule has 0 atom stereocenters. The van der Waals surface area contributed by atoms with Gasteiger partial charge in [-0.3, -0.25) is 20.4 Å². The molecule has 184 valence electrons. The van der Waals surface area contributed by atoms with Crippen LogP contribution in [0, 0.1) is 13.8 Å². The van der Waals surface area contributed by atoms with E-state index in [1.165, 1.54) is 4.31 Å². The number of aryl methyl sites for hydroxylation is 4. The first-order valence-electron chi connectivity index (χ1n) is 11.3. The topological polar surface area (TPSA) is 127 Å². The van der Waals surface area contributed by atoms with Crippen molar-refractivity contribution in [2.75, 3.05) is 13.1 Å². The third-order valence-corrected chi connectivity index (χ3v) is 7.68. The van der Waals surface area contributed by atoms with Gasteiger partial charge in [0, 0.05) is 32.5 Å². The zero-order valence-electron chi connectivity index (χ0n) is 20.1. The van der Waals surface area contributed by atoms with Crippen molar-refractivity contribution in [3.63, 3.8) is 0 Å². The van der Waals surface area contributed by atoms with Crippen LogP contribution < -0.4 is 10.9 Å². The van der Waals surface area contributed by atoms with E-state index in [4.69, 9.17) is 4.42 Å². The monoisotopic (exact) mass is 489 g/mol. The van der Waals surface area contributed by atoms with E-state index in [2.05, 4.69) is 15.8 Å². The Labute approximate surface area is 199 Å². The maximum absolute atomic E-state index is 12.9. The van der Waals surface area contributed by atoms with E-state index in [0.29, 0.717) is 54.5 Å². The van der Waals surface area contributed by atoms with Gasteiger partial charge in [-0.25, -0.2) is 13.4 Å². The first-order chi connectivity index (χ1) is 16.1. The molecule has 0 fully saturated rings. The number of carbonyl (C=O) groups excluding carboxylic acids is 2. The van der Waals surface area contributed by atoms with Crippen LogP contribution in [0.1, 0.15) is 54.9 Å². The van der Waals surface area contributed by atoms with Gasteiger partial charge in [0.25, 0.3) is 5.91 Å². The molecule has 0 aliphatic heterocycles. The first-order valence-corrected chi connectivity index (χ1v) is 12.7. The highest BCUT2D eigenvalue weighted by Crippen LogP contribution is 2.23. The van der Waals surface area contributed by atoms with E-state index in [1.54, 1.807) is 52.0 Å². The number of fused-ring (bicyclic) bond motifs is 1. The Morgan fingerprint density at radius 3 is 2.38 bits per heavy atom. The van der Waals surface area contributed by atoms with E-state index in [9.17, 15) is 18.0 Å². The Hall–Kier alpha value is -3.18. The minimum atomic E-state index is -3.60. The Morgan fingerprint density at radius 2 is 1.79 bits per heavy atom. The number of sulfonamides is 1. The molecule has 10 nitrogen and oxygen atoms in total. The molecule has 34 heavy (non-hydrogen) atoms. The van der Waals surface area contributed by atoms with Crippen LogP contribution in [0.15, 0.2) is 33.6 Å². The van der Waals surface area contributed by atoms with Crippen LogP contribution in [-0.2, 0) is 27.8 Å². The SMILES string of the molecule is CCN(CC)S(=O)(=O)c1ccc2c(c1)nc(CCC(=O)NNC(=O)c1cc(C)oc1C)n2CC. The normalized spacial score (nSPS) is 11.8. The fraction of sp³-hybridized carbons (Fsp3) is 0.435. The molecule has 1 aromatic carbocycles. The van der Waals surface area contributed by atoms with Crippen LogP contribution in [0.5, 0.6) is 0 Å². The van der Waals surface area contributed by atoms with Crippen molar-refractivity contribution in [3.05, 3.63) is 47.2 Å². The summed E-state index contributed by atoms with van der Waals surface area (Å²) in [6.07, 6.45) is 0.420. The maximum atomic E-state index is 12.9. The molecular weight excluding hydrogens is 458 g/mol. The number of aromatic nitrogens is 2. The number of amides is 2. The fourth-order valence-electron chi connectivity index (χ4n) is 3.91. The molecule has 0 unspecified atom stereocenters. The number of imidazole rings is 1. The quantitative estimate of drug-likeness (QED) is 0.445. The van der Waals surface area contributed by atoms with Gasteiger partial charge in [-0.1, -0.05) is 13.8 Å². The summed E-state index contributed by atoms with van der Waals surface area (Å²) < 4.78 is 34.4. The van der Waals surface area contributed by atoms with Crippen LogP contribution in [0.2, 0.25) is 0 Å². The van der Waals surface area contributed by atoms with Crippen molar-refractivity contribution in [2.24, 2.45) is 0 Å². The molecule has 0 aliphatic carbocycles. The number of nitrogens with zero attached hydrogens (tertiary/aromatic N) is 3. The molecule has 0 saturated heterocycles. The van der Waals surface area contributed by atoms with Crippen molar-refractivity contribution in [1.29, 1.82) is 0 Å². The average Bonchev–Trinajstić information content (AvgIpc) is 3.34. The van der Waals surface area contributed by atoms with E-state index < -0.39 is 15.9 Å². The molecule has 2 amide bonds. The standard InChI is InChI=1S/C23H31N5O5S/c1-6-27(7-2)34(31,32)17-9-10-20-19(14-17)24-21(28(20)8-3)11-12-22(29)25-26-23(30)18-13-15(4)33-16(18)5/h9-10,13-14H,6-8,11-12H2,1-5H3,(H,25,29)(H,26,30). The zero-order chi connectivity index (χ0) is 25.0. The predicted molar refractivity (Wildman–Crippen MR) is 128 cm³/mol. The number of rotatable bonds is 9. The lowest BCUT2D eigenvalue weighted by Crippen LogP contribution is -2.41. The van der Waals surface area contributed by atoms with Crippen LogP contribution in [0.25, 0.3) is 11.0 Å². The van der Waals surface area contributed by atoms with Gasteiger partial charge in [0.1, 0.15) is 17.3 Å². The van der Waals surface area contributed by atoms with Crippen molar-refractivity contribution >= 4 is 32.9 Å². The Morgan fingerprint density at radius 1 is 1.09 bits per heavy atom. The summed E-state index contributed by atoms with van der Waals surface area (Å²) in [6, 6.07) is 6.53. The van der Waals surface area contributed by atoms with Crippen molar-refractivity contribution in [1.82, 2.24) is 24.7 Å². The molecule has 0 saturated carbocycles. The van der Waals surface area contributed by atoms with Gasteiger partial charge in [0.15, 0.2) is 0 Å². The van der Waals surface area contributed by atoms with Crippen LogP contribution >= 0.6 is 0 Å². The molecule has 2 N–H and O–H groups in total. The average molecular weight is 490 g/mol. The summed E-state index contributed by atoms with van der Waals surface area (Å²) in [5.41, 5.74) is 6.53. The Kier molecular flexibility index (Phi) is 7.78. The largest absolute Gasteiger partial charge is 0.466 e. The third-order valence-electron chi connectivity index (χ3n) is 5.63. The summed E-state index contributed by atoms with van der Waals surface area (Å²) in [5, 5.41) is 0. The Balaban J connectivity index is 1.71. The molecule has 2 heterocycles. The molecule has 2 aromatic heterocycles. The van der Waals surface area contributed by atoms with Crippen LogP contribution in [0.4, 0.5) is 0 Å². The van der Waals surface area contributed by atoms with Crippen LogP contribution in [0.3, 0.4) is 0 Å². The minimum Gasteiger partial charge on any atom is -0.466 e. The molecule has 11 heteroatoms. The minimum absolute atomic E-state index is 0.0948. The number of hydrazine groups is 1. The highest BCUT2D eigenvalue weighted by Gasteiger charge is 2.23. The summed E-state index contributed by atoms with van der Waals surface area (Å²) in [5.74, 6) is 0.928. The van der Waals surface area contributed by atoms with E-state index in [-0.39, 0.29) is 17.2 Å². The van der Waals surface area contributed by atoms with Gasteiger partial charge < -0.3 is 8.98 Å². The molecule has 3 aromatic rings. The molecule has 0 spiro atoms. The molecule has 0 aliphatic rings. The second-order valence-electron chi connectivity index (χ2n) is 7.84.